The number of amides is 1. The Morgan fingerprint density at radius 2 is 1.71 bits per heavy atom. The third-order valence-electron chi connectivity index (χ3n) is 1.70. The van der Waals surface area contributed by atoms with Gasteiger partial charge in [-0.2, -0.15) is 13.2 Å². The van der Waals surface area contributed by atoms with Gasteiger partial charge in [0.05, 0.1) is 0 Å². The Labute approximate surface area is 97.5 Å². The van der Waals surface area contributed by atoms with Gasteiger partial charge < -0.3 is 10.1 Å². The Hall–Kier alpha value is -1.27. The number of carbonyl (C=O) groups excluding carboxylic acids is 2. The first-order valence-corrected chi connectivity index (χ1v) is 5.08. The van der Waals surface area contributed by atoms with Gasteiger partial charge >= 0.3 is 12.3 Å². The first-order valence-electron chi connectivity index (χ1n) is 5.08. The van der Waals surface area contributed by atoms with E-state index in [1.54, 1.807) is 20.8 Å². The quantitative estimate of drug-likeness (QED) is 0.842. The third-order valence-corrected chi connectivity index (χ3v) is 1.70. The van der Waals surface area contributed by atoms with Gasteiger partial charge in [-0.3, -0.25) is 4.79 Å². The number of ether oxygens (including phenoxy) is 1. The summed E-state index contributed by atoms with van der Waals surface area (Å²) in [5.41, 5.74) is -0.830. The highest BCUT2D eigenvalue weighted by atomic mass is 19.4. The zero-order chi connectivity index (χ0) is 13.9. The maximum Gasteiger partial charge on any atom is 0.452 e. The number of hydrogen-bond acceptors (Lipinski definition) is 3. The molecule has 0 aliphatic heterocycles. The highest BCUT2D eigenvalue weighted by Gasteiger charge is 2.43. The zero-order valence-corrected chi connectivity index (χ0v) is 10.1. The smallest absolute Gasteiger partial charge is 0.444 e. The topological polar surface area (TPSA) is 55.4 Å². The Kier molecular flexibility index (Phi) is 4.97. The molecule has 0 aromatic rings. The van der Waals surface area contributed by atoms with Crippen molar-refractivity contribution < 1.29 is 27.5 Å². The Balaban J connectivity index is 4.53. The van der Waals surface area contributed by atoms with Crippen molar-refractivity contribution in [3.05, 3.63) is 0 Å². The van der Waals surface area contributed by atoms with Gasteiger partial charge in [0.15, 0.2) is 0 Å². The molecule has 1 amide bonds. The molecule has 0 heterocycles. The van der Waals surface area contributed by atoms with E-state index >= 15 is 0 Å². The van der Waals surface area contributed by atoms with E-state index in [1.807, 2.05) is 5.32 Å². The molecule has 7 heteroatoms. The van der Waals surface area contributed by atoms with Crippen LogP contribution in [0, 0.1) is 0 Å². The van der Waals surface area contributed by atoms with Crippen LogP contribution < -0.4 is 5.32 Å². The SMILES string of the molecule is CCC(NC(=O)OC(C)(C)C)C(=O)C(F)(F)F. The van der Waals surface area contributed by atoms with E-state index in [9.17, 15) is 22.8 Å². The van der Waals surface area contributed by atoms with Crippen LogP contribution >= 0.6 is 0 Å². The van der Waals surface area contributed by atoms with E-state index < -0.39 is 29.7 Å². The first-order chi connectivity index (χ1) is 7.47. The lowest BCUT2D eigenvalue weighted by Gasteiger charge is -2.22. The molecule has 0 fully saturated rings. The molecule has 17 heavy (non-hydrogen) atoms. The van der Waals surface area contributed by atoms with Crippen LogP contribution in [0.4, 0.5) is 18.0 Å². The van der Waals surface area contributed by atoms with Crippen molar-refractivity contribution in [3.8, 4) is 0 Å². The van der Waals surface area contributed by atoms with Crippen molar-refractivity contribution in [2.24, 2.45) is 0 Å². The average Bonchev–Trinajstić information content (AvgIpc) is 2.08. The van der Waals surface area contributed by atoms with Gasteiger partial charge in [-0.25, -0.2) is 4.79 Å². The molecule has 0 aromatic carbocycles. The second-order valence-corrected chi connectivity index (χ2v) is 4.47. The maximum absolute atomic E-state index is 12.1. The van der Waals surface area contributed by atoms with E-state index in [1.165, 1.54) is 6.92 Å². The predicted octanol–water partition coefficient (Wildman–Crippen LogP) is 2.42. The molecule has 0 saturated carbocycles. The zero-order valence-electron chi connectivity index (χ0n) is 10.1. The van der Waals surface area contributed by atoms with Gasteiger partial charge in [0, 0.05) is 0 Å². The summed E-state index contributed by atoms with van der Waals surface area (Å²) in [5, 5.41) is 1.90. The highest BCUT2D eigenvalue weighted by Crippen LogP contribution is 2.19. The molecular formula is C10H16F3NO3. The molecule has 0 aliphatic carbocycles. The fourth-order valence-electron chi connectivity index (χ4n) is 1.00. The minimum atomic E-state index is -4.96. The highest BCUT2D eigenvalue weighted by molar-refractivity contribution is 5.91. The summed E-state index contributed by atoms with van der Waals surface area (Å²) in [4.78, 5) is 22.1. The van der Waals surface area contributed by atoms with Crippen molar-refractivity contribution in [2.45, 2.75) is 51.9 Å². The summed E-state index contributed by atoms with van der Waals surface area (Å²) in [5.74, 6) is -1.98. The fourth-order valence-corrected chi connectivity index (χ4v) is 1.00. The summed E-state index contributed by atoms with van der Waals surface area (Å²) in [6, 6.07) is -1.61. The summed E-state index contributed by atoms with van der Waals surface area (Å²) in [7, 11) is 0. The molecule has 1 N–H and O–H groups in total. The number of carbonyl (C=O) groups is 2. The van der Waals surface area contributed by atoms with Crippen LogP contribution in [0.2, 0.25) is 0 Å². The van der Waals surface area contributed by atoms with Crippen molar-refractivity contribution in [3.63, 3.8) is 0 Å². The molecule has 100 valence electrons. The van der Waals surface area contributed by atoms with Gasteiger partial charge in [-0.05, 0) is 27.2 Å². The van der Waals surface area contributed by atoms with Crippen molar-refractivity contribution in [1.29, 1.82) is 0 Å². The number of rotatable bonds is 3. The van der Waals surface area contributed by atoms with E-state index in [0.29, 0.717) is 0 Å². The van der Waals surface area contributed by atoms with Gasteiger partial charge in [0.25, 0.3) is 5.78 Å². The Bertz CT molecular complexity index is 294. The molecule has 1 unspecified atom stereocenters. The summed E-state index contributed by atoms with van der Waals surface area (Å²) >= 11 is 0. The summed E-state index contributed by atoms with van der Waals surface area (Å²) in [6.45, 7) is 6.07. The van der Waals surface area contributed by atoms with Crippen LogP contribution in [-0.4, -0.2) is 29.7 Å². The minimum Gasteiger partial charge on any atom is -0.444 e. The van der Waals surface area contributed by atoms with Gasteiger partial charge in [-0.15, -0.1) is 0 Å². The fraction of sp³-hybridized carbons (Fsp3) is 0.800. The lowest BCUT2D eigenvalue weighted by atomic mass is 10.1. The van der Waals surface area contributed by atoms with Crippen LogP contribution in [-0.2, 0) is 9.53 Å². The molecule has 1 atom stereocenters. The monoisotopic (exact) mass is 255 g/mol. The first kappa shape index (κ1) is 15.7. The Morgan fingerprint density at radius 1 is 1.24 bits per heavy atom. The molecule has 0 aliphatic rings. The second kappa shape index (κ2) is 5.37. The number of Topliss-reactive ketones (excluding diaryl/α,β-unsaturated/α-hetero) is 1. The molecule has 0 saturated heterocycles. The lowest BCUT2D eigenvalue weighted by molar-refractivity contribution is -0.173. The van der Waals surface area contributed by atoms with Crippen LogP contribution in [0.25, 0.3) is 0 Å². The van der Waals surface area contributed by atoms with Crippen LogP contribution in [0.5, 0.6) is 0 Å². The van der Waals surface area contributed by atoms with Gasteiger partial charge in [0.2, 0.25) is 0 Å². The molecule has 0 aromatic heterocycles. The molecule has 0 bridgehead atoms. The molecule has 4 nitrogen and oxygen atoms in total. The molecular weight excluding hydrogens is 239 g/mol. The number of nitrogens with one attached hydrogen (secondary N) is 1. The van der Waals surface area contributed by atoms with Crippen molar-refractivity contribution in [2.75, 3.05) is 0 Å². The van der Waals surface area contributed by atoms with Crippen LogP contribution in [0.1, 0.15) is 34.1 Å². The third kappa shape index (κ3) is 6.13. The van der Waals surface area contributed by atoms with Gasteiger partial charge in [-0.1, -0.05) is 6.92 Å². The molecule has 0 radical (unpaired) electrons. The molecule has 0 rings (SSSR count). The minimum absolute atomic E-state index is 0.155. The predicted molar refractivity (Wildman–Crippen MR) is 54.5 cm³/mol. The standard InChI is InChI=1S/C10H16F3NO3/c1-5-6(7(15)10(11,12)13)14-8(16)17-9(2,3)4/h6H,5H2,1-4H3,(H,14,16). The normalized spacial score (nSPS) is 14.1. The average molecular weight is 255 g/mol. The number of hydrogen-bond donors (Lipinski definition) is 1. The number of alkyl halides is 3. The van der Waals surface area contributed by atoms with Crippen LogP contribution in [0.3, 0.4) is 0 Å². The van der Waals surface area contributed by atoms with Crippen molar-refractivity contribution >= 4 is 11.9 Å². The van der Waals surface area contributed by atoms with E-state index in [-0.39, 0.29) is 6.42 Å². The van der Waals surface area contributed by atoms with E-state index in [4.69, 9.17) is 4.74 Å². The number of ketones is 1. The largest absolute Gasteiger partial charge is 0.452 e. The molecule has 0 spiro atoms. The second-order valence-electron chi connectivity index (χ2n) is 4.47. The number of halogens is 3. The summed E-state index contributed by atoms with van der Waals surface area (Å²) < 4.78 is 41.2. The van der Waals surface area contributed by atoms with E-state index in [0.717, 1.165) is 0 Å². The number of alkyl carbamates (subject to hydrolysis) is 1. The summed E-state index contributed by atoms with van der Waals surface area (Å²) in [6.07, 6.45) is -6.16. The van der Waals surface area contributed by atoms with Crippen molar-refractivity contribution in [1.82, 2.24) is 5.32 Å². The lowest BCUT2D eigenvalue weighted by Crippen LogP contribution is -2.47. The Morgan fingerprint density at radius 3 is 2.00 bits per heavy atom. The van der Waals surface area contributed by atoms with Crippen LogP contribution in [0.15, 0.2) is 0 Å². The van der Waals surface area contributed by atoms with Gasteiger partial charge in [0.1, 0.15) is 11.6 Å². The van der Waals surface area contributed by atoms with E-state index in [2.05, 4.69) is 0 Å². The maximum atomic E-state index is 12.1.